The summed E-state index contributed by atoms with van der Waals surface area (Å²) in [4.78, 5) is 31.8. The van der Waals surface area contributed by atoms with Crippen molar-refractivity contribution in [1.29, 1.82) is 0 Å². The molecule has 2 amide bonds. The number of carbonyl (C=O) groups excluding carboxylic acids is 2. The minimum absolute atomic E-state index is 0.126. The second-order valence-corrected chi connectivity index (χ2v) is 14.4. The quantitative estimate of drug-likeness (QED) is 0.108. The van der Waals surface area contributed by atoms with Crippen molar-refractivity contribution in [1.82, 2.24) is 26.1 Å². The van der Waals surface area contributed by atoms with Gasteiger partial charge in [0.15, 0.2) is 0 Å². The molecule has 0 saturated carbocycles. The zero-order valence-corrected chi connectivity index (χ0v) is 31.2. The summed E-state index contributed by atoms with van der Waals surface area (Å²) >= 11 is 0. The maximum Gasteiger partial charge on any atom is 0.408 e. The fourth-order valence-electron chi connectivity index (χ4n) is 5.50. The molecule has 50 heavy (non-hydrogen) atoms. The average Bonchev–Trinajstić information content (AvgIpc) is 3.10. The van der Waals surface area contributed by atoms with Crippen molar-refractivity contribution in [3.8, 4) is 11.3 Å². The van der Waals surface area contributed by atoms with Gasteiger partial charge in [0.25, 0.3) is 5.91 Å². The average molecular weight is 690 g/mol. The summed E-state index contributed by atoms with van der Waals surface area (Å²) in [5, 5.41) is 19.3. The SMILES string of the molecule is CCC(C)OCCC(C)(CC)OC(=O)NC(C(=O)NN(Cc1ccc(-c2ccccn2)cc1)CC(O)C(Cc1ccccc1)NC)C(C)(C)C. The highest BCUT2D eigenvalue weighted by Gasteiger charge is 2.36. The van der Waals surface area contributed by atoms with Crippen molar-refractivity contribution < 1.29 is 24.2 Å². The minimum Gasteiger partial charge on any atom is -0.443 e. The molecule has 1 heterocycles. The van der Waals surface area contributed by atoms with E-state index in [-0.39, 0.29) is 18.7 Å². The number of pyridine rings is 1. The second-order valence-electron chi connectivity index (χ2n) is 14.4. The van der Waals surface area contributed by atoms with E-state index in [1.807, 2.05) is 121 Å². The number of hydrazine groups is 1. The summed E-state index contributed by atoms with van der Waals surface area (Å²) in [5.41, 5.74) is 5.49. The highest BCUT2D eigenvalue weighted by molar-refractivity contribution is 5.86. The molecule has 5 atom stereocenters. The number of nitrogens with one attached hydrogen (secondary N) is 3. The van der Waals surface area contributed by atoms with Crippen molar-refractivity contribution in [2.24, 2.45) is 5.41 Å². The normalized spacial score (nSPS) is 15.4. The molecule has 5 unspecified atom stereocenters. The van der Waals surface area contributed by atoms with Gasteiger partial charge in [-0.05, 0) is 68.8 Å². The van der Waals surface area contributed by atoms with Crippen LogP contribution in [0, 0.1) is 5.41 Å². The number of carbonyl (C=O) groups is 2. The molecule has 0 aliphatic rings. The molecule has 1 aromatic heterocycles. The summed E-state index contributed by atoms with van der Waals surface area (Å²) in [7, 11) is 1.82. The number of likely N-dealkylation sites (N-methyl/N-ethyl adjacent to an activating group) is 1. The number of rotatable bonds is 19. The van der Waals surface area contributed by atoms with E-state index in [9.17, 15) is 14.7 Å². The summed E-state index contributed by atoms with van der Waals surface area (Å²) in [6.45, 7) is 14.5. The number of ether oxygens (including phenoxy) is 2. The molecule has 0 radical (unpaired) electrons. The maximum absolute atomic E-state index is 14.0. The number of aromatic nitrogens is 1. The Morgan fingerprint density at radius 3 is 2.20 bits per heavy atom. The van der Waals surface area contributed by atoms with Crippen LogP contribution < -0.4 is 16.1 Å². The lowest BCUT2D eigenvalue weighted by Crippen LogP contribution is -2.59. The molecule has 4 N–H and O–H groups in total. The third kappa shape index (κ3) is 13.1. The molecule has 0 spiro atoms. The molecule has 0 saturated heterocycles. The Bertz CT molecular complexity index is 1430. The predicted octanol–water partition coefficient (Wildman–Crippen LogP) is 6.29. The molecule has 0 aliphatic heterocycles. The second kappa shape index (κ2) is 19.5. The highest BCUT2D eigenvalue weighted by Crippen LogP contribution is 2.24. The fraction of sp³-hybridized carbons (Fsp3) is 0.525. The number of aliphatic hydroxyl groups is 1. The van der Waals surface area contributed by atoms with Crippen LogP contribution in [0.3, 0.4) is 0 Å². The number of alkyl carbamates (subject to hydrolysis) is 1. The summed E-state index contributed by atoms with van der Waals surface area (Å²) in [6, 6.07) is 22.5. The standard InChI is InChI=1S/C40H59N5O5/c1-9-29(3)49-25-23-40(7,10-2)50-38(48)43-36(39(4,5)6)37(47)44-45(28-35(46)34(41-8)26-30-16-12-11-13-17-30)27-31-19-21-32(22-20-31)33-18-14-15-24-42-33/h11-22,24,29,34-36,41,46H,9-10,23,25-28H2,1-8H3,(H,43,48)(H,44,47). The van der Waals surface area contributed by atoms with Gasteiger partial charge in [0.1, 0.15) is 11.6 Å². The van der Waals surface area contributed by atoms with Gasteiger partial charge < -0.3 is 25.2 Å². The third-order valence-electron chi connectivity index (χ3n) is 9.18. The number of amides is 2. The van der Waals surface area contributed by atoms with Crippen LogP contribution in [0.1, 0.15) is 78.9 Å². The van der Waals surface area contributed by atoms with Crippen LogP contribution in [0.4, 0.5) is 4.79 Å². The number of nitrogens with zero attached hydrogens (tertiary/aromatic N) is 2. The number of hydrogen-bond donors (Lipinski definition) is 4. The summed E-state index contributed by atoms with van der Waals surface area (Å²) in [6.07, 6.45) is 3.03. The van der Waals surface area contributed by atoms with E-state index >= 15 is 0 Å². The molecule has 3 rings (SSSR count). The van der Waals surface area contributed by atoms with Gasteiger partial charge in [-0.25, -0.2) is 9.80 Å². The van der Waals surface area contributed by atoms with Gasteiger partial charge in [-0.1, -0.05) is 95.3 Å². The molecule has 274 valence electrons. The number of hydrogen-bond acceptors (Lipinski definition) is 8. The lowest BCUT2D eigenvalue weighted by Gasteiger charge is -2.35. The van der Waals surface area contributed by atoms with E-state index in [1.54, 1.807) is 11.2 Å². The Hall–Kier alpha value is -3.83. The van der Waals surface area contributed by atoms with Crippen molar-refractivity contribution in [3.05, 3.63) is 90.1 Å². The van der Waals surface area contributed by atoms with Gasteiger partial charge in [0.2, 0.25) is 0 Å². The van der Waals surface area contributed by atoms with Crippen LogP contribution in [0.15, 0.2) is 79.0 Å². The van der Waals surface area contributed by atoms with Gasteiger partial charge in [-0.2, -0.15) is 0 Å². The first-order valence-corrected chi connectivity index (χ1v) is 17.8. The van der Waals surface area contributed by atoms with Gasteiger partial charge >= 0.3 is 6.09 Å². The Morgan fingerprint density at radius 1 is 0.940 bits per heavy atom. The zero-order valence-electron chi connectivity index (χ0n) is 31.2. The lowest BCUT2D eigenvalue weighted by atomic mass is 9.86. The van der Waals surface area contributed by atoms with Crippen LogP contribution in [-0.2, 0) is 27.2 Å². The molecule has 0 fully saturated rings. The fourth-order valence-corrected chi connectivity index (χ4v) is 5.50. The van der Waals surface area contributed by atoms with E-state index in [1.165, 1.54) is 0 Å². The van der Waals surface area contributed by atoms with E-state index in [0.717, 1.165) is 28.8 Å². The van der Waals surface area contributed by atoms with Crippen molar-refractivity contribution in [2.45, 2.75) is 111 Å². The van der Waals surface area contributed by atoms with Gasteiger partial charge in [0.05, 0.1) is 24.5 Å². The minimum atomic E-state index is -0.928. The lowest BCUT2D eigenvalue weighted by molar-refractivity contribution is -0.131. The van der Waals surface area contributed by atoms with Gasteiger partial charge in [0, 0.05) is 37.3 Å². The molecule has 10 heteroatoms. The number of benzene rings is 2. The molecule has 0 bridgehead atoms. The molecule has 10 nitrogen and oxygen atoms in total. The van der Waals surface area contributed by atoms with E-state index in [0.29, 0.717) is 32.4 Å². The topological polar surface area (TPSA) is 125 Å². The molecular formula is C40H59N5O5. The van der Waals surface area contributed by atoms with E-state index in [4.69, 9.17) is 9.47 Å². The van der Waals surface area contributed by atoms with E-state index in [2.05, 4.69) is 28.0 Å². The Balaban J connectivity index is 1.79. The molecule has 2 aromatic carbocycles. The Morgan fingerprint density at radius 2 is 1.62 bits per heavy atom. The summed E-state index contributed by atoms with van der Waals surface area (Å²) in [5.74, 6) is -0.408. The first-order chi connectivity index (χ1) is 23.8. The van der Waals surface area contributed by atoms with Crippen molar-refractivity contribution in [2.75, 3.05) is 20.2 Å². The highest BCUT2D eigenvalue weighted by atomic mass is 16.6. The zero-order chi connectivity index (χ0) is 36.7. The Labute approximate surface area is 299 Å². The van der Waals surface area contributed by atoms with Crippen LogP contribution in [0.2, 0.25) is 0 Å². The third-order valence-corrected chi connectivity index (χ3v) is 9.18. The van der Waals surface area contributed by atoms with Crippen LogP contribution in [-0.4, -0.2) is 77.2 Å². The van der Waals surface area contributed by atoms with Gasteiger partial charge in [-0.3, -0.25) is 15.2 Å². The van der Waals surface area contributed by atoms with Crippen molar-refractivity contribution in [3.63, 3.8) is 0 Å². The molecule has 3 aromatic rings. The van der Waals surface area contributed by atoms with Crippen LogP contribution in [0.25, 0.3) is 11.3 Å². The first-order valence-electron chi connectivity index (χ1n) is 17.8. The van der Waals surface area contributed by atoms with E-state index < -0.39 is 35.2 Å². The first kappa shape index (κ1) is 40.6. The smallest absolute Gasteiger partial charge is 0.408 e. The molecule has 0 aliphatic carbocycles. The number of aliphatic hydroxyl groups excluding tert-OH is 1. The Kier molecular flexibility index (Phi) is 15.9. The maximum atomic E-state index is 14.0. The molecular weight excluding hydrogens is 630 g/mol. The van der Waals surface area contributed by atoms with Gasteiger partial charge in [-0.15, -0.1) is 0 Å². The predicted molar refractivity (Wildman–Crippen MR) is 199 cm³/mol. The monoisotopic (exact) mass is 689 g/mol. The largest absolute Gasteiger partial charge is 0.443 e. The summed E-state index contributed by atoms with van der Waals surface area (Å²) < 4.78 is 11.8. The van der Waals surface area contributed by atoms with Crippen LogP contribution in [0.5, 0.6) is 0 Å². The van der Waals surface area contributed by atoms with Crippen LogP contribution >= 0.6 is 0 Å². The van der Waals surface area contributed by atoms with Crippen molar-refractivity contribution >= 4 is 12.0 Å².